The smallest absolute Gasteiger partial charge is 0.320 e. The lowest BCUT2D eigenvalue weighted by molar-refractivity contribution is -0.138. The Morgan fingerprint density at radius 1 is 1.92 bits per heavy atom. The Morgan fingerprint density at radius 2 is 2.33 bits per heavy atom. The van der Waals surface area contributed by atoms with Gasteiger partial charge in [-0.15, -0.1) is 6.42 Å². The Labute approximate surface area is 82.5 Å². The molecule has 0 bridgehead atoms. The van der Waals surface area contributed by atoms with Crippen molar-refractivity contribution in [3.63, 3.8) is 0 Å². The first-order valence-electron chi connectivity index (χ1n) is 3.17. The molecule has 0 saturated heterocycles. The quantitative estimate of drug-likeness (QED) is 0.468. The lowest BCUT2D eigenvalue weighted by Crippen LogP contribution is -2.30. The van der Waals surface area contributed by atoms with Gasteiger partial charge in [-0.05, 0) is 23.7 Å². The number of thioether (sulfide) groups is 1. The molecule has 0 rings (SSSR count). The largest absolute Gasteiger partial charge is 0.480 e. The standard InChI is InChI=1S/C5H11NO2S.C2H2S/c1-9-3-2-4(6)5(7)8;1-2-3/h4H,2-3,6H2,1H3,(H,7,8);1,3H. The van der Waals surface area contributed by atoms with Crippen molar-refractivity contribution in [1.82, 2.24) is 0 Å². The molecular weight excluding hydrogens is 194 g/mol. The maximum absolute atomic E-state index is 10.1. The monoisotopic (exact) mass is 207 g/mol. The summed E-state index contributed by atoms with van der Waals surface area (Å²) in [7, 11) is 0. The highest BCUT2D eigenvalue weighted by molar-refractivity contribution is 7.98. The Hall–Kier alpha value is -0.310. The summed E-state index contributed by atoms with van der Waals surface area (Å²) >= 11 is 4.92. The topological polar surface area (TPSA) is 63.3 Å². The number of hydrogen-bond acceptors (Lipinski definition) is 4. The average molecular weight is 207 g/mol. The zero-order chi connectivity index (χ0) is 9.98. The number of carboxylic acid groups (broad SMARTS) is 1. The number of aliphatic carboxylic acids is 1. The summed E-state index contributed by atoms with van der Waals surface area (Å²) in [4.78, 5) is 10.1. The molecule has 0 aromatic rings. The fourth-order valence-corrected chi connectivity index (χ4v) is 0.858. The van der Waals surface area contributed by atoms with Gasteiger partial charge in [-0.1, -0.05) is 12.6 Å². The van der Waals surface area contributed by atoms with Gasteiger partial charge >= 0.3 is 5.97 Å². The van der Waals surface area contributed by atoms with Gasteiger partial charge in [0.15, 0.2) is 0 Å². The third-order valence-corrected chi connectivity index (χ3v) is 1.59. The molecule has 0 heterocycles. The van der Waals surface area contributed by atoms with Crippen LogP contribution in [-0.2, 0) is 4.79 Å². The minimum absolute atomic E-state index is 0.552. The Kier molecular flexibility index (Phi) is 12.7. The maximum Gasteiger partial charge on any atom is 0.320 e. The van der Waals surface area contributed by atoms with Crippen LogP contribution in [0.2, 0.25) is 0 Å². The Balaban J connectivity index is 0. The van der Waals surface area contributed by atoms with E-state index in [4.69, 9.17) is 10.8 Å². The van der Waals surface area contributed by atoms with Crippen LogP contribution >= 0.6 is 24.4 Å². The Bertz CT molecular complexity index is 156. The van der Waals surface area contributed by atoms with Crippen LogP contribution < -0.4 is 5.73 Å². The normalized spacial score (nSPS) is 10.5. The van der Waals surface area contributed by atoms with E-state index >= 15 is 0 Å². The van der Waals surface area contributed by atoms with Gasteiger partial charge in [-0.2, -0.15) is 11.8 Å². The number of nitrogens with two attached hydrogens (primary N) is 1. The SMILES string of the molecule is C#CS.CSCCC(N)C(=O)O. The first-order chi connectivity index (χ1) is 5.59. The average Bonchev–Trinajstić information content (AvgIpc) is 2.01. The van der Waals surface area contributed by atoms with Crippen molar-refractivity contribution in [1.29, 1.82) is 0 Å². The van der Waals surface area contributed by atoms with Gasteiger partial charge in [0, 0.05) is 0 Å². The molecule has 0 aliphatic rings. The molecule has 0 aromatic heterocycles. The van der Waals surface area contributed by atoms with Crippen LogP contribution in [0.1, 0.15) is 6.42 Å². The molecule has 3 N–H and O–H groups in total. The van der Waals surface area contributed by atoms with E-state index < -0.39 is 12.0 Å². The van der Waals surface area contributed by atoms with E-state index in [0.717, 1.165) is 5.75 Å². The summed E-state index contributed by atoms with van der Waals surface area (Å²) in [5, 5.41) is 10.2. The fourth-order valence-electron chi connectivity index (χ4n) is 0.368. The molecule has 0 aliphatic heterocycles. The van der Waals surface area contributed by atoms with E-state index in [1.165, 1.54) is 0 Å². The molecule has 3 nitrogen and oxygen atoms in total. The summed E-state index contributed by atoms with van der Waals surface area (Å²) in [6, 6.07) is -0.683. The minimum atomic E-state index is -0.913. The van der Waals surface area contributed by atoms with Crippen LogP contribution in [0.5, 0.6) is 0 Å². The first kappa shape index (κ1) is 14.2. The number of rotatable bonds is 4. The molecule has 0 amide bonds. The number of terminal acetylenes is 1. The molecular formula is C7H13NO2S2. The molecule has 70 valence electrons. The molecule has 0 spiro atoms. The molecule has 0 radical (unpaired) electrons. The van der Waals surface area contributed by atoms with Crippen molar-refractivity contribution in [2.45, 2.75) is 12.5 Å². The zero-order valence-corrected chi connectivity index (χ0v) is 8.57. The molecule has 0 fully saturated rings. The van der Waals surface area contributed by atoms with Crippen LogP contribution in [0.3, 0.4) is 0 Å². The van der Waals surface area contributed by atoms with Gasteiger partial charge in [0.1, 0.15) is 6.04 Å². The summed E-state index contributed by atoms with van der Waals surface area (Å²) in [6.07, 6.45) is 6.94. The van der Waals surface area contributed by atoms with Crippen molar-refractivity contribution in [3.05, 3.63) is 0 Å². The van der Waals surface area contributed by atoms with E-state index in [-0.39, 0.29) is 0 Å². The van der Waals surface area contributed by atoms with Crippen LogP contribution in [0, 0.1) is 11.7 Å². The third kappa shape index (κ3) is 12.4. The van der Waals surface area contributed by atoms with Gasteiger partial charge in [0.05, 0.1) is 0 Å². The molecule has 1 atom stereocenters. The highest BCUT2D eigenvalue weighted by Crippen LogP contribution is 1.97. The van der Waals surface area contributed by atoms with Crippen molar-refractivity contribution in [2.24, 2.45) is 5.73 Å². The molecule has 0 aromatic carbocycles. The second-order valence-corrected chi connectivity index (χ2v) is 3.10. The van der Waals surface area contributed by atoms with Gasteiger partial charge in [-0.3, -0.25) is 4.79 Å². The second kappa shape index (κ2) is 10.7. The highest BCUT2D eigenvalue weighted by atomic mass is 32.2. The van der Waals surface area contributed by atoms with Crippen LogP contribution in [0.4, 0.5) is 0 Å². The van der Waals surface area contributed by atoms with Gasteiger partial charge in [0.2, 0.25) is 0 Å². The van der Waals surface area contributed by atoms with Crippen LogP contribution in [0.25, 0.3) is 0 Å². The molecule has 1 unspecified atom stereocenters. The highest BCUT2D eigenvalue weighted by Gasteiger charge is 2.08. The molecule has 0 aliphatic carbocycles. The second-order valence-electron chi connectivity index (χ2n) is 1.86. The third-order valence-electron chi connectivity index (χ3n) is 0.950. The lowest BCUT2D eigenvalue weighted by Gasteiger charge is -2.02. The van der Waals surface area contributed by atoms with Gasteiger partial charge in [-0.25, -0.2) is 0 Å². The van der Waals surface area contributed by atoms with E-state index in [9.17, 15) is 4.79 Å². The number of carbonyl (C=O) groups is 1. The summed E-state index contributed by atoms with van der Waals surface area (Å²) in [5.41, 5.74) is 5.19. The summed E-state index contributed by atoms with van der Waals surface area (Å²) in [5.74, 6) is -0.1000. The van der Waals surface area contributed by atoms with Crippen molar-refractivity contribution < 1.29 is 9.90 Å². The lowest BCUT2D eigenvalue weighted by atomic mass is 10.2. The molecule has 0 saturated carbocycles. The van der Waals surface area contributed by atoms with Crippen LogP contribution in [0.15, 0.2) is 0 Å². The van der Waals surface area contributed by atoms with E-state index in [2.05, 4.69) is 19.1 Å². The summed E-state index contributed by atoms with van der Waals surface area (Å²) in [6.45, 7) is 0. The van der Waals surface area contributed by atoms with Gasteiger partial charge in [0.25, 0.3) is 0 Å². The zero-order valence-electron chi connectivity index (χ0n) is 6.86. The molecule has 5 heteroatoms. The maximum atomic E-state index is 10.1. The molecule has 12 heavy (non-hydrogen) atoms. The van der Waals surface area contributed by atoms with Gasteiger partial charge < -0.3 is 10.8 Å². The van der Waals surface area contributed by atoms with Crippen LogP contribution in [-0.4, -0.2) is 29.1 Å². The fraction of sp³-hybridized carbons (Fsp3) is 0.571. The predicted octanol–water partition coefficient (Wildman–Crippen LogP) is 0.658. The Morgan fingerprint density at radius 3 is 2.58 bits per heavy atom. The van der Waals surface area contributed by atoms with E-state index in [0.29, 0.717) is 6.42 Å². The first-order valence-corrected chi connectivity index (χ1v) is 5.01. The number of hydrogen-bond donors (Lipinski definition) is 3. The van der Waals surface area contributed by atoms with Crippen molar-refractivity contribution in [2.75, 3.05) is 12.0 Å². The van der Waals surface area contributed by atoms with E-state index in [1.54, 1.807) is 11.8 Å². The summed E-state index contributed by atoms with van der Waals surface area (Å²) < 4.78 is 0. The van der Waals surface area contributed by atoms with E-state index in [1.807, 2.05) is 11.5 Å². The van der Waals surface area contributed by atoms with Crippen molar-refractivity contribution >= 4 is 30.4 Å². The number of thiol groups is 1. The predicted molar refractivity (Wildman–Crippen MR) is 56.4 cm³/mol. The van der Waals surface area contributed by atoms with Crippen molar-refractivity contribution in [3.8, 4) is 11.7 Å². The minimum Gasteiger partial charge on any atom is -0.480 e. The number of carboxylic acids is 1.